The molecule has 0 spiro atoms. The minimum atomic E-state index is -0.920. The topological polar surface area (TPSA) is 72.5 Å². The van der Waals surface area contributed by atoms with E-state index in [1.165, 1.54) is 96.8 Å². The summed E-state index contributed by atoms with van der Waals surface area (Å²) in [5, 5.41) is 9.21. The Morgan fingerprint density at radius 1 is 0.769 bits per heavy atom. The number of ether oxygens (including phenoxy) is 1. The van der Waals surface area contributed by atoms with Crippen LogP contribution >= 0.6 is 0 Å². The standard InChI is InChI=1S/C22H45NO3/c1-3-4-5-6-7-8-9-10-11-12-13-14-15-16-17-18-19-26-22(25)21(23)20(2)24/h20-21,24H,3-19,23H2,1-2H3/t20-,21+/m1/s1. The highest BCUT2D eigenvalue weighted by Gasteiger charge is 2.19. The Bertz CT molecular complexity index is 308. The Hall–Kier alpha value is -0.610. The van der Waals surface area contributed by atoms with Gasteiger partial charge in [0.2, 0.25) is 0 Å². The quantitative estimate of drug-likeness (QED) is 0.232. The van der Waals surface area contributed by atoms with Crippen molar-refractivity contribution >= 4 is 5.97 Å². The lowest BCUT2D eigenvalue weighted by Gasteiger charge is -2.13. The summed E-state index contributed by atoms with van der Waals surface area (Å²) < 4.78 is 5.06. The Morgan fingerprint density at radius 3 is 1.46 bits per heavy atom. The van der Waals surface area contributed by atoms with Crippen LogP contribution in [0.3, 0.4) is 0 Å². The molecule has 4 nitrogen and oxygen atoms in total. The van der Waals surface area contributed by atoms with Crippen molar-refractivity contribution in [3.05, 3.63) is 0 Å². The zero-order valence-electron chi connectivity index (χ0n) is 17.5. The SMILES string of the molecule is CCCCCCCCCCCCCCCCCCOC(=O)[C@@H](N)[C@@H](C)O. The van der Waals surface area contributed by atoms with Gasteiger partial charge in [-0.2, -0.15) is 0 Å². The largest absolute Gasteiger partial charge is 0.464 e. The van der Waals surface area contributed by atoms with Crippen LogP contribution in [0, 0.1) is 0 Å². The minimum Gasteiger partial charge on any atom is -0.464 e. The average Bonchev–Trinajstić information content (AvgIpc) is 2.63. The highest BCUT2D eigenvalue weighted by atomic mass is 16.5. The van der Waals surface area contributed by atoms with Crippen molar-refractivity contribution < 1.29 is 14.6 Å². The fourth-order valence-electron chi connectivity index (χ4n) is 3.12. The molecule has 4 heteroatoms. The molecule has 0 amide bonds. The van der Waals surface area contributed by atoms with Crippen molar-refractivity contribution in [2.75, 3.05) is 6.61 Å². The number of hydrogen-bond acceptors (Lipinski definition) is 4. The maximum absolute atomic E-state index is 11.4. The summed E-state index contributed by atoms with van der Waals surface area (Å²) in [5.41, 5.74) is 5.51. The van der Waals surface area contributed by atoms with Gasteiger partial charge in [0, 0.05) is 0 Å². The highest BCUT2D eigenvalue weighted by Crippen LogP contribution is 2.13. The summed E-state index contributed by atoms with van der Waals surface area (Å²) in [6, 6.07) is -0.920. The van der Waals surface area contributed by atoms with Crippen LogP contribution in [0.2, 0.25) is 0 Å². The molecule has 0 unspecified atom stereocenters. The number of carbonyl (C=O) groups is 1. The molecule has 0 aromatic rings. The van der Waals surface area contributed by atoms with E-state index in [0.717, 1.165) is 12.8 Å². The molecule has 0 bridgehead atoms. The average molecular weight is 372 g/mol. The van der Waals surface area contributed by atoms with Crippen LogP contribution in [0.15, 0.2) is 0 Å². The zero-order valence-corrected chi connectivity index (χ0v) is 17.5. The second-order valence-electron chi connectivity index (χ2n) is 7.74. The third kappa shape index (κ3) is 16.8. The Morgan fingerprint density at radius 2 is 1.12 bits per heavy atom. The third-order valence-electron chi connectivity index (χ3n) is 5.03. The van der Waals surface area contributed by atoms with Gasteiger partial charge in [0.15, 0.2) is 0 Å². The first-order valence-corrected chi connectivity index (χ1v) is 11.2. The first kappa shape index (κ1) is 25.4. The molecule has 0 fully saturated rings. The summed E-state index contributed by atoms with van der Waals surface area (Å²) in [5.74, 6) is -0.499. The molecule has 0 saturated carbocycles. The molecule has 26 heavy (non-hydrogen) atoms. The summed E-state index contributed by atoms with van der Waals surface area (Å²) >= 11 is 0. The lowest BCUT2D eigenvalue weighted by Crippen LogP contribution is -2.41. The first-order valence-electron chi connectivity index (χ1n) is 11.2. The number of hydrogen-bond donors (Lipinski definition) is 2. The number of aliphatic hydroxyl groups is 1. The number of unbranched alkanes of at least 4 members (excludes halogenated alkanes) is 15. The molecule has 2 atom stereocenters. The Balaban J connectivity index is 3.15. The van der Waals surface area contributed by atoms with Gasteiger partial charge in [-0.25, -0.2) is 0 Å². The summed E-state index contributed by atoms with van der Waals surface area (Å²) in [6.45, 7) is 4.19. The molecule has 3 N–H and O–H groups in total. The predicted molar refractivity (Wildman–Crippen MR) is 110 cm³/mol. The van der Waals surface area contributed by atoms with E-state index in [2.05, 4.69) is 6.92 Å². The Labute approximate surface area is 162 Å². The summed E-state index contributed by atoms with van der Waals surface area (Å²) in [7, 11) is 0. The molecule has 0 saturated heterocycles. The molecule has 0 aliphatic rings. The number of esters is 1. The minimum absolute atomic E-state index is 0.414. The van der Waals surface area contributed by atoms with Gasteiger partial charge in [-0.05, 0) is 13.3 Å². The van der Waals surface area contributed by atoms with Crippen molar-refractivity contribution in [2.24, 2.45) is 5.73 Å². The maximum atomic E-state index is 11.4. The summed E-state index contributed by atoms with van der Waals surface area (Å²) in [4.78, 5) is 11.4. The number of nitrogens with two attached hydrogens (primary N) is 1. The summed E-state index contributed by atoms with van der Waals surface area (Å²) in [6.07, 6.45) is 20.4. The maximum Gasteiger partial charge on any atom is 0.325 e. The normalized spacial score (nSPS) is 13.5. The molecule has 0 aliphatic carbocycles. The molecule has 0 radical (unpaired) electrons. The number of rotatable bonds is 19. The fraction of sp³-hybridized carbons (Fsp3) is 0.955. The molecular formula is C22H45NO3. The van der Waals surface area contributed by atoms with Gasteiger partial charge in [0.05, 0.1) is 12.7 Å². The van der Waals surface area contributed by atoms with Crippen LogP contribution in [0.4, 0.5) is 0 Å². The molecule has 0 aromatic heterocycles. The van der Waals surface area contributed by atoms with Gasteiger partial charge in [-0.15, -0.1) is 0 Å². The van der Waals surface area contributed by atoms with E-state index in [1.54, 1.807) is 0 Å². The van der Waals surface area contributed by atoms with Crippen molar-refractivity contribution in [1.82, 2.24) is 0 Å². The highest BCUT2D eigenvalue weighted by molar-refractivity contribution is 5.76. The molecular weight excluding hydrogens is 326 g/mol. The van der Waals surface area contributed by atoms with E-state index < -0.39 is 18.1 Å². The van der Waals surface area contributed by atoms with E-state index in [4.69, 9.17) is 10.5 Å². The van der Waals surface area contributed by atoms with E-state index in [-0.39, 0.29) is 0 Å². The number of aliphatic hydroxyl groups excluding tert-OH is 1. The predicted octanol–water partition coefficient (Wildman–Crippen LogP) is 5.50. The third-order valence-corrected chi connectivity index (χ3v) is 5.03. The van der Waals surface area contributed by atoms with Crippen LogP contribution in [0.25, 0.3) is 0 Å². The smallest absolute Gasteiger partial charge is 0.325 e. The zero-order chi connectivity index (χ0) is 19.5. The van der Waals surface area contributed by atoms with Crippen molar-refractivity contribution in [3.63, 3.8) is 0 Å². The Kier molecular flexibility index (Phi) is 18.7. The second-order valence-corrected chi connectivity index (χ2v) is 7.74. The monoisotopic (exact) mass is 371 g/mol. The van der Waals surface area contributed by atoms with Gasteiger partial charge in [0.1, 0.15) is 6.04 Å². The molecule has 156 valence electrons. The van der Waals surface area contributed by atoms with E-state index in [0.29, 0.717) is 6.61 Å². The van der Waals surface area contributed by atoms with Crippen LogP contribution in [0.1, 0.15) is 117 Å². The first-order chi connectivity index (χ1) is 12.6. The molecule has 0 aliphatic heterocycles. The van der Waals surface area contributed by atoms with Gasteiger partial charge < -0.3 is 15.6 Å². The van der Waals surface area contributed by atoms with E-state index >= 15 is 0 Å². The number of carbonyl (C=O) groups excluding carboxylic acids is 1. The van der Waals surface area contributed by atoms with Gasteiger partial charge in [0.25, 0.3) is 0 Å². The van der Waals surface area contributed by atoms with Gasteiger partial charge >= 0.3 is 5.97 Å². The van der Waals surface area contributed by atoms with Crippen molar-refractivity contribution in [3.8, 4) is 0 Å². The lowest BCUT2D eigenvalue weighted by atomic mass is 10.0. The van der Waals surface area contributed by atoms with Gasteiger partial charge in [-0.3, -0.25) is 4.79 Å². The fourth-order valence-corrected chi connectivity index (χ4v) is 3.12. The molecule has 0 aromatic carbocycles. The van der Waals surface area contributed by atoms with E-state index in [9.17, 15) is 9.90 Å². The lowest BCUT2D eigenvalue weighted by molar-refractivity contribution is -0.147. The second kappa shape index (κ2) is 19.2. The van der Waals surface area contributed by atoms with Crippen LogP contribution in [-0.4, -0.2) is 29.8 Å². The van der Waals surface area contributed by atoms with Crippen molar-refractivity contribution in [1.29, 1.82) is 0 Å². The van der Waals surface area contributed by atoms with Gasteiger partial charge in [-0.1, -0.05) is 103 Å². The molecule has 0 rings (SSSR count). The van der Waals surface area contributed by atoms with Crippen LogP contribution in [-0.2, 0) is 9.53 Å². The van der Waals surface area contributed by atoms with Crippen LogP contribution < -0.4 is 5.73 Å². The molecule has 0 heterocycles. The van der Waals surface area contributed by atoms with Crippen molar-refractivity contribution in [2.45, 2.75) is 129 Å². The van der Waals surface area contributed by atoms with E-state index in [1.807, 2.05) is 0 Å². The van der Waals surface area contributed by atoms with Crippen LogP contribution in [0.5, 0.6) is 0 Å².